The molecule has 0 aliphatic carbocycles. The number of hydrogen-bond donors (Lipinski definition) is 1. The van der Waals surface area contributed by atoms with Crippen molar-refractivity contribution < 1.29 is 0 Å². The Balaban J connectivity index is 2.66. The van der Waals surface area contributed by atoms with Crippen LogP contribution in [0.15, 0.2) is 0 Å². The lowest BCUT2D eigenvalue weighted by atomic mass is 9.85. The van der Waals surface area contributed by atoms with Gasteiger partial charge in [-0.15, -0.1) is 0 Å². The van der Waals surface area contributed by atoms with E-state index in [4.69, 9.17) is 5.73 Å². The second kappa shape index (κ2) is 6.49. The summed E-state index contributed by atoms with van der Waals surface area (Å²) in [5.41, 5.74) is 6.39. The maximum absolute atomic E-state index is 6.07. The smallest absolute Gasteiger partial charge is 0.0331 e. The number of nitrogens with zero attached hydrogens (tertiary/aromatic N) is 1. The molecule has 0 spiro atoms. The fraction of sp³-hybridized carbons (Fsp3) is 1.00. The number of likely N-dealkylation sites (tertiary alicyclic amines) is 1. The number of nitrogens with two attached hydrogens (primary N) is 1. The molecule has 1 fully saturated rings. The molecular weight excluding hydrogens is 184 g/mol. The van der Waals surface area contributed by atoms with Gasteiger partial charge in [0.1, 0.15) is 0 Å². The molecule has 15 heavy (non-hydrogen) atoms. The van der Waals surface area contributed by atoms with Crippen LogP contribution in [0, 0.1) is 0 Å². The van der Waals surface area contributed by atoms with Crippen LogP contribution >= 0.6 is 0 Å². The highest BCUT2D eigenvalue weighted by Gasteiger charge is 2.34. The van der Waals surface area contributed by atoms with Crippen LogP contribution in [0.4, 0.5) is 0 Å². The quantitative estimate of drug-likeness (QED) is 0.733. The van der Waals surface area contributed by atoms with Crippen LogP contribution in [0.3, 0.4) is 0 Å². The lowest BCUT2D eigenvalue weighted by Crippen LogP contribution is -2.55. The van der Waals surface area contributed by atoms with Crippen molar-refractivity contribution in [3.63, 3.8) is 0 Å². The van der Waals surface area contributed by atoms with E-state index in [1.165, 1.54) is 58.0 Å². The molecular formula is C13H28N2. The minimum absolute atomic E-state index is 0.323. The van der Waals surface area contributed by atoms with Gasteiger partial charge in [-0.2, -0.15) is 0 Å². The molecule has 0 amide bonds. The summed E-state index contributed by atoms with van der Waals surface area (Å²) in [6.07, 6.45) is 9.22. The predicted octanol–water partition coefficient (Wildman–Crippen LogP) is 2.77. The summed E-state index contributed by atoms with van der Waals surface area (Å²) in [7, 11) is 0. The molecule has 1 rings (SSSR count). The third-order valence-electron chi connectivity index (χ3n) is 3.84. The fourth-order valence-corrected chi connectivity index (χ4v) is 3.07. The van der Waals surface area contributed by atoms with Crippen LogP contribution in [0.5, 0.6) is 0 Å². The van der Waals surface area contributed by atoms with Gasteiger partial charge in [0.25, 0.3) is 0 Å². The van der Waals surface area contributed by atoms with Gasteiger partial charge in [-0.3, -0.25) is 4.90 Å². The Morgan fingerprint density at radius 3 is 1.93 bits per heavy atom. The van der Waals surface area contributed by atoms with Crippen molar-refractivity contribution in [3.8, 4) is 0 Å². The summed E-state index contributed by atoms with van der Waals surface area (Å²) in [5, 5.41) is 0. The summed E-state index contributed by atoms with van der Waals surface area (Å²) in [4.78, 5) is 2.68. The van der Waals surface area contributed by atoms with E-state index in [1.807, 2.05) is 0 Å². The Morgan fingerprint density at radius 1 is 1.00 bits per heavy atom. The first-order valence-corrected chi connectivity index (χ1v) is 6.74. The Morgan fingerprint density at radius 2 is 1.53 bits per heavy atom. The molecule has 90 valence electrons. The first-order valence-electron chi connectivity index (χ1n) is 6.74. The second-order valence-corrected chi connectivity index (χ2v) is 4.98. The predicted molar refractivity (Wildman–Crippen MR) is 67.0 cm³/mol. The third kappa shape index (κ3) is 3.18. The van der Waals surface area contributed by atoms with Gasteiger partial charge in [0.2, 0.25) is 0 Å². The molecule has 1 aliphatic rings. The van der Waals surface area contributed by atoms with E-state index in [0.717, 1.165) is 6.54 Å². The van der Waals surface area contributed by atoms with Gasteiger partial charge in [-0.25, -0.2) is 0 Å². The zero-order valence-corrected chi connectivity index (χ0v) is 10.6. The molecule has 0 unspecified atom stereocenters. The average molecular weight is 212 g/mol. The third-order valence-corrected chi connectivity index (χ3v) is 3.84. The average Bonchev–Trinajstić information content (AvgIpc) is 2.30. The lowest BCUT2D eigenvalue weighted by molar-refractivity contribution is 0.0555. The Hall–Kier alpha value is -0.0800. The molecule has 0 aromatic carbocycles. The molecule has 0 atom stereocenters. The summed E-state index contributed by atoms with van der Waals surface area (Å²) >= 11 is 0. The molecule has 0 aromatic heterocycles. The highest BCUT2D eigenvalue weighted by molar-refractivity contribution is 4.92. The number of rotatable bonds is 6. The van der Waals surface area contributed by atoms with Gasteiger partial charge in [-0.1, -0.05) is 33.1 Å². The topological polar surface area (TPSA) is 29.3 Å². The SMILES string of the molecule is CCCC(CN)(CCC)N1CCCCC1. The van der Waals surface area contributed by atoms with E-state index in [1.54, 1.807) is 0 Å². The van der Waals surface area contributed by atoms with Crippen LogP contribution in [0.25, 0.3) is 0 Å². The van der Waals surface area contributed by atoms with Crippen LogP contribution in [0.2, 0.25) is 0 Å². The minimum atomic E-state index is 0.323. The van der Waals surface area contributed by atoms with Gasteiger partial charge in [0, 0.05) is 12.1 Å². The molecule has 2 N–H and O–H groups in total. The summed E-state index contributed by atoms with van der Waals surface area (Å²) < 4.78 is 0. The molecule has 0 bridgehead atoms. The van der Waals surface area contributed by atoms with E-state index in [2.05, 4.69) is 18.7 Å². The van der Waals surface area contributed by atoms with Crippen LogP contribution in [-0.2, 0) is 0 Å². The van der Waals surface area contributed by atoms with E-state index >= 15 is 0 Å². The Kier molecular flexibility index (Phi) is 5.62. The zero-order chi connectivity index (χ0) is 11.1. The van der Waals surface area contributed by atoms with Crippen LogP contribution in [-0.4, -0.2) is 30.1 Å². The summed E-state index contributed by atoms with van der Waals surface area (Å²) in [6.45, 7) is 7.96. The Bertz CT molecular complexity index is 156. The van der Waals surface area contributed by atoms with Crippen molar-refractivity contribution in [3.05, 3.63) is 0 Å². The van der Waals surface area contributed by atoms with E-state index in [9.17, 15) is 0 Å². The first kappa shape index (κ1) is 13.0. The van der Waals surface area contributed by atoms with Gasteiger partial charge >= 0.3 is 0 Å². The standard InChI is InChI=1S/C13H28N2/c1-3-8-13(12-14,9-4-2)15-10-6-5-7-11-15/h3-12,14H2,1-2H3. The normalized spacial score (nSPS) is 19.4. The second-order valence-electron chi connectivity index (χ2n) is 4.98. The van der Waals surface area contributed by atoms with E-state index in [0.29, 0.717) is 5.54 Å². The lowest BCUT2D eigenvalue weighted by Gasteiger charge is -2.45. The van der Waals surface area contributed by atoms with Gasteiger partial charge < -0.3 is 5.73 Å². The number of piperidine rings is 1. The van der Waals surface area contributed by atoms with E-state index < -0.39 is 0 Å². The molecule has 2 heteroatoms. The minimum Gasteiger partial charge on any atom is -0.329 e. The molecule has 2 nitrogen and oxygen atoms in total. The maximum Gasteiger partial charge on any atom is 0.0331 e. The van der Waals surface area contributed by atoms with Crippen molar-refractivity contribution in [2.45, 2.75) is 64.3 Å². The highest BCUT2D eigenvalue weighted by Crippen LogP contribution is 2.29. The molecule has 1 aliphatic heterocycles. The highest BCUT2D eigenvalue weighted by atomic mass is 15.2. The van der Waals surface area contributed by atoms with Gasteiger partial charge in [0.15, 0.2) is 0 Å². The zero-order valence-electron chi connectivity index (χ0n) is 10.6. The van der Waals surface area contributed by atoms with Crippen molar-refractivity contribution in [2.75, 3.05) is 19.6 Å². The fourth-order valence-electron chi connectivity index (χ4n) is 3.07. The van der Waals surface area contributed by atoms with Crippen molar-refractivity contribution in [1.29, 1.82) is 0 Å². The first-order chi connectivity index (χ1) is 7.29. The van der Waals surface area contributed by atoms with Crippen molar-refractivity contribution in [2.24, 2.45) is 5.73 Å². The molecule has 1 heterocycles. The van der Waals surface area contributed by atoms with Crippen molar-refractivity contribution in [1.82, 2.24) is 4.90 Å². The molecule has 0 saturated carbocycles. The number of hydrogen-bond acceptors (Lipinski definition) is 2. The van der Waals surface area contributed by atoms with Gasteiger partial charge in [-0.05, 0) is 38.8 Å². The van der Waals surface area contributed by atoms with Crippen LogP contribution in [0.1, 0.15) is 58.8 Å². The maximum atomic E-state index is 6.07. The van der Waals surface area contributed by atoms with Crippen molar-refractivity contribution >= 4 is 0 Å². The molecule has 0 radical (unpaired) electrons. The summed E-state index contributed by atoms with van der Waals surface area (Å²) in [5.74, 6) is 0. The van der Waals surface area contributed by atoms with E-state index in [-0.39, 0.29) is 0 Å². The molecule has 0 aromatic rings. The largest absolute Gasteiger partial charge is 0.329 e. The monoisotopic (exact) mass is 212 g/mol. The van der Waals surface area contributed by atoms with Gasteiger partial charge in [0.05, 0.1) is 0 Å². The molecule has 1 saturated heterocycles. The summed E-state index contributed by atoms with van der Waals surface area (Å²) in [6, 6.07) is 0. The Labute approximate surface area is 95.2 Å². The van der Waals surface area contributed by atoms with Crippen LogP contribution < -0.4 is 5.73 Å².